The molecule has 4 nitrogen and oxygen atoms in total. The summed E-state index contributed by atoms with van der Waals surface area (Å²) in [6.07, 6.45) is 0.0944. The van der Waals surface area contributed by atoms with Crippen LogP contribution in [0.5, 0.6) is 0 Å². The Morgan fingerprint density at radius 2 is 1.75 bits per heavy atom. The maximum atomic E-state index is 12.8. The molecule has 1 N–H and O–H groups in total. The zero-order valence-corrected chi connectivity index (χ0v) is 23.4. The number of alkyl halides is 3. The van der Waals surface area contributed by atoms with Crippen LogP contribution in [0.15, 0.2) is 46.0 Å². The van der Waals surface area contributed by atoms with E-state index in [1.807, 2.05) is 6.07 Å². The van der Waals surface area contributed by atoms with Gasteiger partial charge in [-0.2, -0.15) is 13.2 Å². The van der Waals surface area contributed by atoms with Crippen LogP contribution >= 0.6 is 23.3 Å². The molecular weight excluding hydrogens is 503 g/mol. The Kier molecular flexibility index (Phi) is 11.0. The van der Waals surface area contributed by atoms with Crippen molar-refractivity contribution in [1.82, 2.24) is 9.21 Å². The number of piperazine rings is 1. The van der Waals surface area contributed by atoms with E-state index in [0.717, 1.165) is 44.7 Å². The van der Waals surface area contributed by atoms with Gasteiger partial charge in [0.25, 0.3) is 0 Å². The van der Waals surface area contributed by atoms with Gasteiger partial charge in [0.2, 0.25) is 0 Å². The molecule has 0 amide bonds. The number of benzene rings is 1. The van der Waals surface area contributed by atoms with E-state index in [1.165, 1.54) is 24.0 Å². The summed E-state index contributed by atoms with van der Waals surface area (Å²) in [7, 11) is 2.18. The molecule has 0 bridgehead atoms. The molecule has 9 heteroatoms. The highest BCUT2D eigenvalue weighted by molar-refractivity contribution is 7.98. The Balaban J connectivity index is 0.000000253. The fourth-order valence-electron chi connectivity index (χ4n) is 4.79. The predicted molar refractivity (Wildman–Crippen MR) is 146 cm³/mol. The molecule has 4 atom stereocenters. The minimum absolute atomic E-state index is 0.0623. The van der Waals surface area contributed by atoms with E-state index < -0.39 is 12.1 Å². The Morgan fingerprint density at radius 3 is 2.31 bits per heavy atom. The number of nitrogens with zero attached hydrogens (tertiary/aromatic N) is 3. The first-order valence-corrected chi connectivity index (χ1v) is 14.5. The second-order valence-electron chi connectivity index (χ2n) is 9.88. The van der Waals surface area contributed by atoms with Gasteiger partial charge in [-0.05, 0) is 81.2 Å². The Bertz CT molecular complexity index is 887. The van der Waals surface area contributed by atoms with Crippen molar-refractivity contribution in [3.63, 3.8) is 0 Å². The van der Waals surface area contributed by atoms with Crippen molar-refractivity contribution >= 4 is 29.0 Å². The highest BCUT2D eigenvalue weighted by Gasteiger charge is 2.37. The summed E-state index contributed by atoms with van der Waals surface area (Å²) >= 11 is 3.51. The van der Waals surface area contributed by atoms with Crippen LogP contribution in [0.25, 0.3) is 0 Å². The smallest absolute Gasteiger partial charge is 0.393 e. The first-order valence-electron chi connectivity index (χ1n) is 12.9. The van der Waals surface area contributed by atoms with Crippen molar-refractivity contribution in [2.45, 2.75) is 80.9 Å². The van der Waals surface area contributed by atoms with Crippen LogP contribution in [-0.2, 0) is 0 Å². The summed E-state index contributed by atoms with van der Waals surface area (Å²) in [5, 5.41) is 11.6. The number of aliphatic hydroxyl groups is 1. The van der Waals surface area contributed by atoms with Crippen molar-refractivity contribution in [3.8, 4) is 0 Å². The third-order valence-corrected chi connectivity index (χ3v) is 9.37. The summed E-state index contributed by atoms with van der Waals surface area (Å²) in [6, 6.07) is 12.1. The van der Waals surface area contributed by atoms with E-state index in [-0.39, 0.29) is 6.10 Å². The molecule has 36 heavy (non-hydrogen) atoms. The monoisotopic (exact) mass is 543 g/mol. The first kappa shape index (κ1) is 29.3. The second kappa shape index (κ2) is 13.5. The third kappa shape index (κ3) is 8.38. The average Bonchev–Trinajstić information content (AvgIpc) is 3.35. The summed E-state index contributed by atoms with van der Waals surface area (Å²) in [4.78, 5) is 4.64. The van der Waals surface area contributed by atoms with Gasteiger partial charge in [-0.15, -0.1) is 11.3 Å². The Labute approximate surface area is 222 Å². The minimum atomic E-state index is -4.19. The van der Waals surface area contributed by atoms with Crippen LogP contribution in [0.1, 0.15) is 57.9 Å². The first-order chi connectivity index (χ1) is 17.1. The molecule has 1 aromatic carbocycles. The van der Waals surface area contributed by atoms with Crippen LogP contribution in [0.4, 0.5) is 18.9 Å². The molecule has 2 aromatic rings. The molecule has 0 radical (unpaired) electrons. The number of hydrogen-bond donors (Lipinski definition) is 1. The summed E-state index contributed by atoms with van der Waals surface area (Å²) in [6.45, 7) is 9.24. The largest absolute Gasteiger partial charge is 0.395 e. The molecule has 2 aliphatic heterocycles. The lowest BCUT2D eigenvalue weighted by Crippen LogP contribution is -2.47. The van der Waals surface area contributed by atoms with Crippen molar-refractivity contribution in [3.05, 3.63) is 47.3 Å². The highest BCUT2D eigenvalue weighted by Crippen LogP contribution is 2.35. The van der Waals surface area contributed by atoms with Crippen molar-refractivity contribution in [2.75, 3.05) is 38.1 Å². The van der Waals surface area contributed by atoms with Crippen LogP contribution in [-0.4, -0.2) is 71.9 Å². The van der Waals surface area contributed by atoms with Crippen molar-refractivity contribution in [1.29, 1.82) is 0 Å². The molecule has 4 unspecified atom stereocenters. The van der Waals surface area contributed by atoms with E-state index in [2.05, 4.69) is 46.4 Å². The number of likely N-dealkylation sites (tertiary alicyclic amines) is 1. The second-order valence-corrected chi connectivity index (χ2v) is 12.2. The van der Waals surface area contributed by atoms with Gasteiger partial charge in [0, 0.05) is 44.0 Å². The SMILES string of the molecule is CC(c1ccc(N2CCN(Sc3cccs3)CC2)cc1)C(F)(F)F.CCCC1CC(O)CC(C)N1C. The zero-order chi connectivity index (χ0) is 26.3. The van der Waals surface area contributed by atoms with Gasteiger partial charge in [-0.3, -0.25) is 0 Å². The lowest BCUT2D eigenvalue weighted by Gasteiger charge is -2.40. The van der Waals surface area contributed by atoms with Crippen molar-refractivity contribution in [2.24, 2.45) is 0 Å². The van der Waals surface area contributed by atoms with Crippen molar-refractivity contribution < 1.29 is 18.3 Å². The van der Waals surface area contributed by atoms with E-state index >= 15 is 0 Å². The fourth-order valence-corrected chi connectivity index (χ4v) is 6.64. The Hall–Kier alpha value is -1.26. The summed E-state index contributed by atoms with van der Waals surface area (Å²) in [5.41, 5.74) is 1.31. The fraction of sp³-hybridized carbons (Fsp3) is 0.630. The molecule has 4 rings (SSSR count). The van der Waals surface area contributed by atoms with Gasteiger partial charge >= 0.3 is 6.18 Å². The van der Waals surface area contributed by atoms with Gasteiger partial charge < -0.3 is 14.9 Å². The molecule has 0 saturated carbocycles. The number of piperidine rings is 1. The third-order valence-electron chi connectivity index (χ3n) is 7.25. The van der Waals surface area contributed by atoms with Gasteiger partial charge in [-0.1, -0.05) is 31.5 Å². The average molecular weight is 544 g/mol. The number of hydrogen-bond acceptors (Lipinski definition) is 6. The standard InChI is InChI=1S/C17H19F3N2S2.C10H21NO/c1-13(17(18,19)20)14-4-6-15(7-5-14)21-8-10-22(11-9-21)24-16-3-2-12-23-16;1-4-5-9-7-10(12)6-8(2)11(9)3/h2-7,12-13H,8-11H2,1H3;8-10,12H,4-7H2,1-3H3. The maximum absolute atomic E-state index is 12.8. The number of rotatable bonds is 6. The maximum Gasteiger partial charge on any atom is 0.395 e. The van der Waals surface area contributed by atoms with E-state index in [4.69, 9.17) is 0 Å². The molecule has 3 heterocycles. The lowest BCUT2D eigenvalue weighted by molar-refractivity contribution is -0.146. The number of aliphatic hydroxyl groups excluding tert-OH is 1. The lowest BCUT2D eigenvalue weighted by atomic mass is 9.92. The highest BCUT2D eigenvalue weighted by atomic mass is 32.2. The number of halogens is 3. The molecular formula is C27H40F3N3OS2. The van der Waals surface area contributed by atoms with Gasteiger partial charge in [0.05, 0.1) is 16.2 Å². The number of anilines is 1. The molecule has 2 aliphatic rings. The summed E-state index contributed by atoms with van der Waals surface area (Å²) in [5.74, 6) is -1.43. The zero-order valence-electron chi connectivity index (χ0n) is 21.7. The molecule has 1 aromatic heterocycles. The van der Waals surface area contributed by atoms with Gasteiger partial charge in [0.1, 0.15) is 0 Å². The molecule has 0 spiro atoms. The molecule has 202 valence electrons. The Morgan fingerprint density at radius 1 is 1.08 bits per heavy atom. The van der Waals surface area contributed by atoms with E-state index in [1.54, 1.807) is 47.6 Å². The quantitative estimate of drug-likeness (QED) is 0.402. The minimum Gasteiger partial charge on any atom is -0.393 e. The van der Waals surface area contributed by atoms with E-state index in [9.17, 15) is 18.3 Å². The molecule has 2 saturated heterocycles. The van der Waals surface area contributed by atoms with Crippen LogP contribution in [0, 0.1) is 0 Å². The van der Waals surface area contributed by atoms with Gasteiger partial charge in [0.15, 0.2) is 0 Å². The molecule has 0 aliphatic carbocycles. The topological polar surface area (TPSA) is 30.0 Å². The normalized spacial score (nSPS) is 24.8. The number of thiophene rings is 1. The van der Waals surface area contributed by atoms with Crippen LogP contribution in [0.2, 0.25) is 0 Å². The van der Waals surface area contributed by atoms with Gasteiger partial charge in [-0.25, -0.2) is 4.31 Å². The van der Waals surface area contributed by atoms with Crippen LogP contribution in [0.3, 0.4) is 0 Å². The molecule has 2 fully saturated rings. The predicted octanol–water partition coefficient (Wildman–Crippen LogP) is 6.87. The van der Waals surface area contributed by atoms with E-state index in [0.29, 0.717) is 17.6 Å². The van der Waals surface area contributed by atoms with Crippen LogP contribution < -0.4 is 4.90 Å². The summed E-state index contributed by atoms with van der Waals surface area (Å²) < 4.78 is 41.9.